The van der Waals surface area contributed by atoms with Gasteiger partial charge in [-0.15, -0.1) is 0 Å². The highest BCUT2D eigenvalue weighted by Gasteiger charge is 2.46. The molecule has 1 aliphatic rings. The molecule has 3 N–H and O–H groups in total. The molecule has 0 amide bonds. The second-order valence-electron chi connectivity index (χ2n) is 5.49. The van der Waals surface area contributed by atoms with Gasteiger partial charge < -0.3 is 53.4 Å². The van der Waals surface area contributed by atoms with Gasteiger partial charge in [0.2, 0.25) is 17.2 Å². The van der Waals surface area contributed by atoms with E-state index in [2.05, 4.69) is 10.1 Å². The SMILES string of the molecule is CO/N=c1/c2c(ncn1C)[n+]([C@@H]1O[C@H](CO)[C@@H](O)[C@H]1O)cn2C.[I-]. The lowest BCUT2D eigenvalue weighted by Gasteiger charge is -2.12. The third-order valence-electron chi connectivity index (χ3n) is 3.97. The topological polar surface area (TPSA) is 118 Å². The predicted molar refractivity (Wildman–Crippen MR) is 75.5 cm³/mol. The first kappa shape index (κ1) is 19.1. The molecule has 10 nitrogen and oxygen atoms in total. The second-order valence-corrected chi connectivity index (χ2v) is 5.49. The number of aryl methyl sites for hydroxylation is 2. The van der Waals surface area contributed by atoms with Crippen molar-refractivity contribution in [2.45, 2.75) is 24.5 Å². The number of nitrogens with zero attached hydrogens (tertiary/aromatic N) is 5. The molecule has 0 bridgehead atoms. The van der Waals surface area contributed by atoms with E-state index in [0.29, 0.717) is 16.7 Å². The maximum Gasteiger partial charge on any atom is 0.309 e. The van der Waals surface area contributed by atoms with E-state index in [-0.39, 0.29) is 30.6 Å². The Morgan fingerprint density at radius 2 is 2.04 bits per heavy atom. The molecular weight excluding hydrogens is 433 g/mol. The van der Waals surface area contributed by atoms with Crippen LogP contribution in [0, 0.1) is 0 Å². The molecule has 0 spiro atoms. The molecule has 134 valence electrons. The number of fused-ring (bicyclic) bond motifs is 1. The van der Waals surface area contributed by atoms with E-state index in [0.717, 1.165) is 0 Å². The van der Waals surface area contributed by atoms with Crippen LogP contribution in [0.15, 0.2) is 17.8 Å². The van der Waals surface area contributed by atoms with Gasteiger partial charge in [-0.1, -0.05) is 10.1 Å². The first-order valence-electron chi connectivity index (χ1n) is 7.11. The normalized spacial score (nSPS) is 27.5. The maximum absolute atomic E-state index is 10.2. The van der Waals surface area contributed by atoms with Gasteiger partial charge in [-0.25, -0.2) is 4.57 Å². The van der Waals surface area contributed by atoms with Gasteiger partial charge in [-0.3, -0.25) is 4.57 Å². The summed E-state index contributed by atoms with van der Waals surface area (Å²) in [6, 6.07) is 0. The summed E-state index contributed by atoms with van der Waals surface area (Å²) in [4.78, 5) is 9.23. The summed E-state index contributed by atoms with van der Waals surface area (Å²) >= 11 is 0. The Labute approximate surface area is 154 Å². The third kappa shape index (κ3) is 2.90. The molecule has 3 rings (SSSR count). The number of hydrogen-bond donors (Lipinski definition) is 3. The van der Waals surface area contributed by atoms with Crippen molar-refractivity contribution in [3.05, 3.63) is 18.1 Å². The van der Waals surface area contributed by atoms with Gasteiger partial charge in [0.25, 0.3) is 0 Å². The largest absolute Gasteiger partial charge is 1.00 e. The van der Waals surface area contributed by atoms with Crippen LogP contribution in [0.3, 0.4) is 0 Å². The van der Waals surface area contributed by atoms with Gasteiger partial charge in [0.05, 0.1) is 13.7 Å². The zero-order chi connectivity index (χ0) is 16.7. The van der Waals surface area contributed by atoms with E-state index in [4.69, 9.17) is 9.57 Å². The molecule has 0 radical (unpaired) electrons. The van der Waals surface area contributed by atoms with Crippen LogP contribution in [0.25, 0.3) is 11.2 Å². The van der Waals surface area contributed by atoms with Crippen LogP contribution in [0.5, 0.6) is 0 Å². The van der Waals surface area contributed by atoms with Gasteiger partial charge in [-0.2, -0.15) is 0 Å². The van der Waals surface area contributed by atoms with Crippen LogP contribution in [0.4, 0.5) is 0 Å². The van der Waals surface area contributed by atoms with E-state index in [1.54, 1.807) is 40.5 Å². The maximum atomic E-state index is 10.2. The highest BCUT2D eigenvalue weighted by atomic mass is 127. The zero-order valence-corrected chi connectivity index (χ0v) is 15.6. The Hall–Kier alpha value is -1.28. The minimum atomic E-state index is -1.18. The molecule has 2 aromatic heterocycles. The smallest absolute Gasteiger partial charge is 0.309 e. The van der Waals surface area contributed by atoms with Crippen molar-refractivity contribution < 1.29 is 53.4 Å². The lowest BCUT2D eigenvalue weighted by molar-refractivity contribution is -0.746. The summed E-state index contributed by atoms with van der Waals surface area (Å²) in [5.41, 5.74) is 1.73. The molecule has 2 aromatic rings. The lowest BCUT2D eigenvalue weighted by Crippen LogP contribution is -3.00. The van der Waals surface area contributed by atoms with Gasteiger partial charge in [0.1, 0.15) is 25.4 Å². The summed E-state index contributed by atoms with van der Waals surface area (Å²) in [6.45, 7) is -0.382. The summed E-state index contributed by atoms with van der Waals surface area (Å²) in [5.74, 6) is 0. The number of aliphatic hydroxyl groups is 3. The first-order chi connectivity index (χ1) is 11.0. The van der Waals surface area contributed by atoms with Crippen LogP contribution in [-0.4, -0.2) is 61.5 Å². The fraction of sp³-hybridized carbons (Fsp3) is 0.615. The average Bonchev–Trinajstić information content (AvgIpc) is 3.01. The molecule has 3 heterocycles. The standard InChI is InChI=1S/C13H20N5O5.HI/c1-16-5-14-11-8(12(16)15-22-3)17(2)6-18(11)13-10(21)9(20)7(4-19)23-13;/h5-7,9-10,13,19-21H,4H2,1-3H3;1H/q+1;/p-1/b15-12-;/t7-,9-,10-,13-;/m1./s1. The monoisotopic (exact) mass is 453 g/mol. The molecule has 1 fully saturated rings. The number of ether oxygens (including phenoxy) is 1. The van der Waals surface area contributed by atoms with Gasteiger partial charge in [-0.05, 0) is 0 Å². The summed E-state index contributed by atoms with van der Waals surface area (Å²) in [6.07, 6.45) is -0.802. The third-order valence-corrected chi connectivity index (χ3v) is 3.97. The van der Waals surface area contributed by atoms with Crippen molar-refractivity contribution in [1.29, 1.82) is 0 Å². The molecule has 0 aliphatic carbocycles. The minimum Gasteiger partial charge on any atom is -1.00 e. The van der Waals surface area contributed by atoms with E-state index >= 15 is 0 Å². The number of halogens is 1. The van der Waals surface area contributed by atoms with E-state index in [1.807, 2.05) is 0 Å². The summed E-state index contributed by atoms with van der Waals surface area (Å²) in [7, 11) is 5.04. The Morgan fingerprint density at radius 3 is 2.62 bits per heavy atom. The van der Waals surface area contributed by atoms with Gasteiger partial charge in [0.15, 0.2) is 12.7 Å². The van der Waals surface area contributed by atoms with E-state index in [9.17, 15) is 15.3 Å². The Kier molecular flexibility index (Phi) is 5.80. The summed E-state index contributed by atoms with van der Waals surface area (Å²) < 4.78 is 10.6. The molecule has 1 saturated heterocycles. The van der Waals surface area contributed by atoms with Crippen molar-refractivity contribution in [2.75, 3.05) is 13.7 Å². The van der Waals surface area contributed by atoms with Crippen molar-refractivity contribution in [3.63, 3.8) is 0 Å². The predicted octanol–water partition coefficient (Wildman–Crippen LogP) is -5.72. The second kappa shape index (κ2) is 7.31. The number of hydrogen-bond acceptors (Lipinski definition) is 7. The van der Waals surface area contributed by atoms with Crippen molar-refractivity contribution in [2.24, 2.45) is 19.3 Å². The molecule has 0 saturated carbocycles. The van der Waals surface area contributed by atoms with Crippen LogP contribution < -0.4 is 34.0 Å². The van der Waals surface area contributed by atoms with Crippen molar-refractivity contribution in [1.82, 2.24) is 14.1 Å². The molecular formula is C13H20IN5O5. The fourth-order valence-electron chi connectivity index (χ4n) is 2.82. The van der Waals surface area contributed by atoms with E-state index in [1.165, 1.54) is 7.11 Å². The first-order valence-corrected chi connectivity index (χ1v) is 7.11. The van der Waals surface area contributed by atoms with Crippen molar-refractivity contribution in [3.8, 4) is 0 Å². The van der Waals surface area contributed by atoms with Crippen LogP contribution in [0.1, 0.15) is 6.23 Å². The van der Waals surface area contributed by atoms with Gasteiger partial charge in [0, 0.05) is 7.05 Å². The number of aromatic nitrogens is 4. The van der Waals surface area contributed by atoms with Crippen LogP contribution in [0.2, 0.25) is 0 Å². The lowest BCUT2D eigenvalue weighted by atomic mass is 10.1. The average molecular weight is 453 g/mol. The summed E-state index contributed by atoms with van der Waals surface area (Å²) in [5, 5.41) is 33.4. The molecule has 4 atom stereocenters. The van der Waals surface area contributed by atoms with Crippen LogP contribution in [-0.2, 0) is 23.7 Å². The quantitative estimate of drug-likeness (QED) is 0.242. The molecule has 11 heteroatoms. The molecule has 24 heavy (non-hydrogen) atoms. The van der Waals surface area contributed by atoms with E-state index < -0.39 is 24.5 Å². The highest BCUT2D eigenvalue weighted by molar-refractivity contribution is 5.65. The van der Waals surface area contributed by atoms with Crippen molar-refractivity contribution >= 4 is 11.2 Å². The number of imidazole rings is 1. The highest BCUT2D eigenvalue weighted by Crippen LogP contribution is 2.26. The molecule has 1 aliphatic heterocycles. The number of rotatable bonds is 3. The minimum absolute atomic E-state index is 0. The zero-order valence-electron chi connectivity index (χ0n) is 13.4. The molecule has 0 unspecified atom stereocenters. The van der Waals surface area contributed by atoms with Gasteiger partial charge >= 0.3 is 5.65 Å². The number of aliphatic hydroxyl groups excluding tert-OH is 3. The fourth-order valence-corrected chi connectivity index (χ4v) is 2.82. The Morgan fingerprint density at radius 1 is 1.33 bits per heavy atom. The van der Waals surface area contributed by atoms with Crippen LogP contribution >= 0.6 is 0 Å². The Bertz CT molecular complexity index is 791. The Balaban J connectivity index is 0.00000208. The molecule has 0 aromatic carbocycles.